The van der Waals surface area contributed by atoms with E-state index in [1.165, 1.54) is 6.92 Å². The standard InChI is InChI=1S/C12H23N3O3/c1-3-8-15(10-4-6-13-7-5-10)12(18)14-9(2)11(16)17/h9-10,13H,3-8H2,1-2H3,(H,14,18)(H,16,17)/t9-/m0/s1. The molecule has 3 N–H and O–H groups in total. The van der Waals surface area contributed by atoms with Gasteiger partial charge in [-0.05, 0) is 39.3 Å². The number of carbonyl (C=O) groups is 2. The Kier molecular flexibility index (Phi) is 5.91. The molecule has 0 aliphatic carbocycles. The van der Waals surface area contributed by atoms with Crippen molar-refractivity contribution in [2.45, 2.75) is 45.2 Å². The van der Waals surface area contributed by atoms with Gasteiger partial charge in [-0.25, -0.2) is 4.79 Å². The van der Waals surface area contributed by atoms with Crippen LogP contribution in [0.2, 0.25) is 0 Å². The number of carboxylic acid groups (broad SMARTS) is 1. The van der Waals surface area contributed by atoms with Crippen molar-refractivity contribution < 1.29 is 14.7 Å². The van der Waals surface area contributed by atoms with Crippen molar-refractivity contribution in [1.82, 2.24) is 15.5 Å². The van der Waals surface area contributed by atoms with E-state index in [9.17, 15) is 9.59 Å². The molecular formula is C12H23N3O3. The number of carbonyl (C=O) groups excluding carboxylic acids is 1. The molecule has 0 aromatic rings. The first-order chi connectivity index (χ1) is 8.56. The molecular weight excluding hydrogens is 234 g/mol. The number of piperidine rings is 1. The summed E-state index contributed by atoms with van der Waals surface area (Å²) in [6.45, 7) is 5.98. The van der Waals surface area contributed by atoms with Crippen molar-refractivity contribution in [2.75, 3.05) is 19.6 Å². The lowest BCUT2D eigenvalue weighted by Gasteiger charge is -2.35. The van der Waals surface area contributed by atoms with Crippen LogP contribution in [0.3, 0.4) is 0 Å². The van der Waals surface area contributed by atoms with Gasteiger partial charge in [0.2, 0.25) is 0 Å². The number of aliphatic carboxylic acids is 1. The zero-order chi connectivity index (χ0) is 13.5. The van der Waals surface area contributed by atoms with Crippen molar-refractivity contribution in [3.63, 3.8) is 0 Å². The molecule has 104 valence electrons. The molecule has 0 bridgehead atoms. The van der Waals surface area contributed by atoms with Crippen molar-refractivity contribution >= 4 is 12.0 Å². The molecule has 18 heavy (non-hydrogen) atoms. The molecule has 1 fully saturated rings. The summed E-state index contributed by atoms with van der Waals surface area (Å²) in [7, 11) is 0. The summed E-state index contributed by atoms with van der Waals surface area (Å²) in [5, 5.41) is 14.6. The van der Waals surface area contributed by atoms with E-state index in [2.05, 4.69) is 10.6 Å². The summed E-state index contributed by atoms with van der Waals surface area (Å²) in [5.74, 6) is -1.01. The average Bonchev–Trinajstić information content (AvgIpc) is 2.36. The molecule has 6 nitrogen and oxygen atoms in total. The van der Waals surface area contributed by atoms with E-state index in [0.29, 0.717) is 6.54 Å². The first-order valence-corrected chi connectivity index (χ1v) is 6.57. The number of hydrogen-bond acceptors (Lipinski definition) is 3. The summed E-state index contributed by atoms with van der Waals surface area (Å²) < 4.78 is 0. The third kappa shape index (κ3) is 4.18. The quantitative estimate of drug-likeness (QED) is 0.675. The van der Waals surface area contributed by atoms with Crippen molar-refractivity contribution in [1.29, 1.82) is 0 Å². The lowest BCUT2D eigenvalue weighted by Crippen LogP contribution is -2.53. The van der Waals surface area contributed by atoms with E-state index in [1.807, 2.05) is 6.92 Å². The zero-order valence-corrected chi connectivity index (χ0v) is 11.1. The number of rotatable bonds is 5. The van der Waals surface area contributed by atoms with Crippen LogP contribution >= 0.6 is 0 Å². The molecule has 0 radical (unpaired) electrons. The van der Waals surface area contributed by atoms with Gasteiger partial charge in [0.25, 0.3) is 0 Å². The molecule has 1 aliphatic rings. The normalized spacial score (nSPS) is 18.1. The van der Waals surface area contributed by atoms with E-state index in [-0.39, 0.29) is 12.1 Å². The summed E-state index contributed by atoms with van der Waals surface area (Å²) in [6, 6.07) is -0.899. The van der Waals surface area contributed by atoms with Gasteiger partial charge in [-0.1, -0.05) is 6.92 Å². The van der Waals surface area contributed by atoms with Crippen LogP contribution in [0.25, 0.3) is 0 Å². The highest BCUT2D eigenvalue weighted by Crippen LogP contribution is 2.12. The number of amides is 2. The average molecular weight is 257 g/mol. The van der Waals surface area contributed by atoms with E-state index in [4.69, 9.17) is 5.11 Å². The van der Waals surface area contributed by atoms with Crippen LogP contribution in [0, 0.1) is 0 Å². The molecule has 2 amide bonds. The highest BCUT2D eigenvalue weighted by Gasteiger charge is 2.26. The highest BCUT2D eigenvalue weighted by atomic mass is 16.4. The third-order valence-corrected chi connectivity index (χ3v) is 3.19. The fraction of sp³-hybridized carbons (Fsp3) is 0.833. The topological polar surface area (TPSA) is 81.7 Å². The van der Waals surface area contributed by atoms with Gasteiger partial charge in [-0.15, -0.1) is 0 Å². The van der Waals surface area contributed by atoms with Crippen LogP contribution in [-0.4, -0.2) is 53.7 Å². The fourth-order valence-electron chi connectivity index (χ4n) is 2.14. The molecule has 1 saturated heterocycles. The number of carboxylic acids is 1. The highest BCUT2D eigenvalue weighted by molar-refractivity contribution is 5.82. The first kappa shape index (κ1) is 14.8. The number of hydrogen-bond donors (Lipinski definition) is 3. The lowest BCUT2D eigenvalue weighted by molar-refractivity contribution is -0.138. The molecule has 0 aromatic heterocycles. The Morgan fingerprint density at radius 3 is 2.56 bits per heavy atom. The minimum Gasteiger partial charge on any atom is -0.480 e. The van der Waals surface area contributed by atoms with Crippen LogP contribution in [0.1, 0.15) is 33.1 Å². The second kappa shape index (κ2) is 7.20. The summed E-state index contributed by atoms with van der Waals surface area (Å²) in [6.07, 6.45) is 2.72. The largest absolute Gasteiger partial charge is 0.480 e. The molecule has 0 saturated carbocycles. The summed E-state index contributed by atoms with van der Waals surface area (Å²) in [4.78, 5) is 24.6. The molecule has 1 heterocycles. The Morgan fingerprint density at radius 2 is 2.06 bits per heavy atom. The van der Waals surface area contributed by atoms with Crippen LogP contribution in [0.5, 0.6) is 0 Å². The minimum absolute atomic E-state index is 0.215. The van der Waals surface area contributed by atoms with Crippen LogP contribution in [0.15, 0.2) is 0 Å². The second-order valence-corrected chi connectivity index (χ2v) is 4.68. The van der Waals surface area contributed by atoms with Gasteiger partial charge in [0.15, 0.2) is 0 Å². The SMILES string of the molecule is CCCN(C(=O)N[C@@H](C)C(=O)O)C1CCNCC1. The number of nitrogens with zero attached hydrogens (tertiary/aromatic N) is 1. The maximum absolute atomic E-state index is 12.1. The maximum atomic E-state index is 12.1. The number of urea groups is 1. The second-order valence-electron chi connectivity index (χ2n) is 4.68. The van der Waals surface area contributed by atoms with Gasteiger partial charge < -0.3 is 20.6 Å². The van der Waals surface area contributed by atoms with Crippen molar-refractivity contribution in [3.05, 3.63) is 0 Å². The summed E-state index contributed by atoms with van der Waals surface area (Å²) in [5.41, 5.74) is 0. The smallest absolute Gasteiger partial charge is 0.325 e. The Bertz CT molecular complexity index is 290. The van der Waals surface area contributed by atoms with Crippen molar-refractivity contribution in [2.24, 2.45) is 0 Å². The predicted molar refractivity (Wildman–Crippen MR) is 68.5 cm³/mol. The molecule has 1 rings (SSSR count). The fourth-order valence-corrected chi connectivity index (χ4v) is 2.14. The Balaban J connectivity index is 2.59. The van der Waals surface area contributed by atoms with Gasteiger partial charge in [-0.2, -0.15) is 0 Å². The first-order valence-electron chi connectivity index (χ1n) is 6.57. The van der Waals surface area contributed by atoms with Gasteiger partial charge in [0, 0.05) is 12.6 Å². The zero-order valence-electron chi connectivity index (χ0n) is 11.1. The predicted octanol–water partition coefficient (Wildman–Crippen LogP) is 0.633. The molecule has 1 atom stereocenters. The Morgan fingerprint density at radius 1 is 1.44 bits per heavy atom. The number of nitrogens with one attached hydrogen (secondary N) is 2. The van der Waals surface area contributed by atoms with Gasteiger partial charge in [0.1, 0.15) is 6.04 Å². The van der Waals surface area contributed by atoms with E-state index in [1.54, 1.807) is 4.90 Å². The Labute approximate surface area is 108 Å². The van der Waals surface area contributed by atoms with Crippen LogP contribution in [-0.2, 0) is 4.79 Å². The monoisotopic (exact) mass is 257 g/mol. The van der Waals surface area contributed by atoms with Gasteiger partial charge in [-0.3, -0.25) is 4.79 Å². The van der Waals surface area contributed by atoms with Crippen LogP contribution < -0.4 is 10.6 Å². The maximum Gasteiger partial charge on any atom is 0.325 e. The van der Waals surface area contributed by atoms with Crippen molar-refractivity contribution in [3.8, 4) is 0 Å². The third-order valence-electron chi connectivity index (χ3n) is 3.19. The molecule has 0 spiro atoms. The van der Waals surface area contributed by atoms with Gasteiger partial charge >= 0.3 is 12.0 Å². The van der Waals surface area contributed by atoms with E-state index >= 15 is 0 Å². The summed E-state index contributed by atoms with van der Waals surface area (Å²) >= 11 is 0. The molecule has 1 aliphatic heterocycles. The molecule has 6 heteroatoms. The van der Waals surface area contributed by atoms with E-state index in [0.717, 1.165) is 32.4 Å². The lowest BCUT2D eigenvalue weighted by atomic mass is 10.0. The Hall–Kier alpha value is -1.30. The van der Waals surface area contributed by atoms with Crippen LogP contribution in [0.4, 0.5) is 4.79 Å². The van der Waals surface area contributed by atoms with E-state index < -0.39 is 12.0 Å². The van der Waals surface area contributed by atoms with Gasteiger partial charge in [0.05, 0.1) is 0 Å². The molecule has 0 unspecified atom stereocenters. The molecule has 0 aromatic carbocycles. The minimum atomic E-state index is -1.01.